The maximum absolute atomic E-state index is 12.0. The Morgan fingerprint density at radius 1 is 1.23 bits per heavy atom. The van der Waals surface area contributed by atoms with Crippen LogP contribution in [0.2, 0.25) is 5.15 Å². The number of urea groups is 1. The van der Waals surface area contributed by atoms with Crippen LogP contribution in [0.3, 0.4) is 0 Å². The molecule has 3 amide bonds. The quantitative estimate of drug-likeness (QED) is 0.490. The number of nitrogens with zero attached hydrogens (tertiary/aromatic N) is 2. The van der Waals surface area contributed by atoms with Crippen molar-refractivity contribution in [3.63, 3.8) is 0 Å². The van der Waals surface area contributed by atoms with Gasteiger partial charge in [0.15, 0.2) is 6.61 Å². The van der Waals surface area contributed by atoms with Gasteiger partial charge in [-0.2, -0.15) is 18.3 Å². The molecule has 2 N–H and O–H groups in total. The molecule has 0 saturated carbocycles. The van der Waals surface area contributed by atoms with Crippen molar-refractivity contribution >= 4 is 35.6 Å². The first-order valence-corrected chi connectivity index (χ1v) is 9.19. The van der Waals surface area contributed by atoms with Gasteiger partial charge >= 0.3 is 18.2 Å². The van der Waals surface area contributed by atoms with E-state index < -0.39 is 37.2 Å². The van der Waals surface area contributed by atoms with E-state index in [4.69, 9.17) is 11.6 Å². The number of nitrogens with one attached hydrogen (secondary N) is 2. The Kier molecular flexibility index (Phi) is 8.20. The van der Waals surface area contributed by atoms with E-state index in [0.717, 1.165) is 11.6 Å². The summed E-state index contributed by atoms with van der Waals surface area (Å²) in [5.41, 5.74) is 2.02. The van der Waals surface area contributed by atoms with Gasteiger partial charge in [-0.05, 0) is 18.6 Å². The first kappa shape index (κ1) is 23.9. The molecule has 0 aliphatic carbocycles. The van der Waals surface area contributed by atoms with Crippen LogP contribution in [0.1, 0.15) is 16.8 Å². The van der Waals surface area contributed by atoms with Gasteiger partial charge in [0.2, 0.25) is 0 Å². The lowest BCUT2D eigenvalue weighted by atomic mass is 10.2. The van der Waals surface area contributed by atoms with E-state index >= 15 is 0 Å². The zero-order chi connectivity index (χ0) is 23.0. The summed E-state index contributed by atoms with van der Waals surface area (Å²) in [6.45, 7) is -0.337. The topological polar surface area (TPSA) is 102 Å². The fourth-order valence-corrected chi connectivity index (χ4v) is 2.64. The summed E-state index contributed by atoms with van der Waals surface area (Å²) in [5.74, 6) is -2.01. The molecule has 0 unspecified atom stereocenters. The first-order chi connectivity index (χ1) is 14.5. The van der Waals surface area contributed by atoms with Crippen molar-refractivity contribution in [3.8, 4) is 0 Å². The van der Waals surface area contributed by atoms with Gasteiger partial charge in [-0.25, -0.2) is 14.3 Å². The minimum Gasteiger partial charge on any atom is -0.452 e. The Morgan fingerprint density at radius 2 is 1.90 bits per heavy atom. The lowest BCUT2D eigenvalue weighted by molar-refractivity contribution is -0.143. The lowest BCUT2D eigenvalue weighted by Crippen LogP contribution is -2.44. The second-order valence-corrected chi connectivity index (χ2v) is 6.58. The van der Waals surface area contributed by atoms with Gasteiger partial charge in [-0.1, -0.05) is 41.9 Å². The van der Waals surface area contributed by atoms with Crippen LogP contribution >= 0.6 is 11.6 Å². The SMILES string of the molecule is Cc1nn(Cc2ccccc2)c(Cl)c1/C=C/C(=O)OCC(=O)NC(=O)NCC(F)(F)F. The smallest absolute Gasteiger partial charge is 0.405 e. The van der Waals surface area contributed by atoms with E-state index in [1.54, 1.807) is 16.9 Å². The van der Waals surface area contributed by atoms with Gasteiger partial charge in [0.1, 0.15) is 11.7 Å². The van der Waals surface area contributed by atoms with Gasteiger partial charge in [-0.15, -0.1) is 0 Å². The van der Waals surface area contributed by atoms with Crippen molar-refractivity contribution in [3.05, 3.63) is 58.4 Å². The molecule has 31 heavy (non-hydrogen) atoms. The van der Waals surface area contributed by atoms with Crippen LogP contribution in [0.15, 0.2) is 36.4 Å². The van der Waals surface area contributed by atoms with Crippen LogP contribution in [0.5, 0.6) is 0 Å². The fourth-order valence-electron chi connectivity index (χ4n) is 2.34. The molecular formula is C19H18ClF3N4O4. The average Bonchev–Trinajstić information content (AvgIpc) is 2.96. The molecule has 0 saturated heterocycles. The third kappa shape index (κ3) is 8.13. The number of alkyl halides is 3. The van der Waals surface area contributed by atoms with E-state index in [-0.39, 0.29) is 0 Å². The maximum atomic E-state index is 12.0. The summed E-state index contributed by atoms with van der Waals surface area (Å²) >= 11 is 6.32. The first-order valence-electron chi connectivity index (χ1n) is 8.81. The standard InChI is InChI=1S/C19H18ClF3N4O4/c1-12-14(17(20)27(26-12)9-13-5-3-2-4-6-13)7-8-16(29)31-10-15(28)25-18(30)24-11-19(21,22)23/h2-8H,9-11H2,1H3,(H2,24,25,28,30)/b8-7+. The fraction of sp³-hybridized carbons (Fsp3) is 0.263. The molecule has 0 radical (unpaired) electrons. The van der Waals surface area contributed by atoms with Crippen molar-refractivity contribution in [1.29, 1.82) is 0 Å². The number of halogens is 4. The van der Waals surface area contributed by atoms with Crippen LogP contribution in [-0.2, 0) is 20.9 Å². The second-order valence-electron chi connectivity index (χ2n) is 6.22. The van der Waals surface area contributed by atoms with E-state index in [2.05, 4.69) is 9.84 Å². The molecule has 8 nitrogen and oxygen atoms in total. The minimum absolute atomic E-state index is 0.296. The van der Waals surface area contributed by atoms with Gasteiger partial charge in [0, 0.05) is 11.6 Å². The average molecular weight is 459 g/mol. The van der Waals surface area contributed by atoms with E-state index in [1.807, 2.05) is 30.3 Å². The highest BCUT2D eigenvalue weighted by Gasteiger charge is 2.28. The predicted octanol–water partition coefficient (Wildman–Crippen LogP) is 2.84. The molecule has 0 bridgehead atoms. The van der Waals surface area contributed by atoms with Crippen LogP contribution in [0.25, 0.3) is 6.08 Å². The molecule has 2 rings (SSSR count). The van der Waals surface area contributed by atoms with Crippen molar-refractivity contribution in [1.82, 2.24) is 20.4 Å². The van der Waals surface area contributed by atoms with Gasteiger partial charge in [-0.3, -0.25) is 10.1 Å². The molecule has 2 aromatic rings. The number of aryl methyl sites for hydroxylation is 1. The van der Waals surface area contributed by atoms with Gasteiger partial charge in [0.05, 0.1) is 12.2 Å². The summed E-state index contributed by atoms with van der Waals surface area (Å²) in [5, 5.41) is 7.66. The highest BCUT2D eigenvalue weighted by Crippen LogP contribution is 2.22. The number of carbonyl (C=O) groups is 3. The van der Waals surface area contributed by atoms with Gasteiger partial charge < -0.3 is 10.1 Å². The molecule has 0 atom stereocenters. The number of hydrogen-bond acceptors (Lipinski definition) is 5. The van der Waals surface area contributed by atoms with E-state index in [0.29, 0.717) is 23.0 Å². The molecule has 1 aromatic carbocycles. The number of hydrogen-bond donors (Lipinski definition) is 2. The molecule has 12 heteroatoms. The Bertz CT molecular complexity index is 975. The Balaban J connectivity index is 1.86. The zero-order valence-corrected chi connectivity index (χ0v) is 17.0. The number of aromatic nitrogens is 2. The van der Waals surface area contributed by atoms with Crippen molar-refractivity contribution in [2.24, 2.45) is 0 Å². The molecule has 0 fully saturated rings. The van der Waals surface area contributed by atoms with Crippen LogP contribution < -0.4 is 10.6 Å². The minimum atomic E-state index is -4.62. The number of benzene rings is 1. The maximum Gasteiger partial charge on any atom is 0.405 e. The second kappa shape index (κ2) is 10.6. The van der Waals surface area contributed by atoms with Crippen LogP contribution in [0, 0.1) is 6.92 Å². The number of carbonyl (C=O) groups excluding carboxylic acids is 3. The van der Waals surface area contributed by atoms with E-state index in [1.165, 1.54) is 11.4 Å². The summed E-state index contributed by atoms with van der Waals surface area (Å²) in [6.07, 6.45) is -2.24. The highest BCUT2D eigenvalue weighted by atomic mass is 35.5. The Morgan fingerprint density at radius 3 is 2.55 bits per heavy atom. The summed E-state index contributed by atoms with van der Waals surface area (Å²) in [6, 6.07) is 8.11. The number of rotatable bonds is 7. The Hall–Kier alpha value is -3.34. The van der Waals surface area contributed by atoms with Crippen molar-refractivity contribution in [2.75, 3.05) is 13.2 Å². The molecule has 166 valence electrons. The molecular weight excluding hydrogens is 441 g/mol. The summed E-state index contributed by atoms with van der Waals surface area (Å²) in [7, 11) is 0. The highest BCUT2D eigenvalue weighted by molar-refractivity contribution is 6.31. The third-order valence-corrected chi connectivity index (χ3v) is 4.12. The Labute approximate surface area is 180 Å². The summed E-state index contributed by atoms with van der Waals surface area (Å²) in [4.78, 5) is 34.4. The third-order valence-electron chi connectivity index (χ3n) is 3.72. The zero-order valence-electron chi connectivity index (χ0n) is 16.2. The number of esters is 1. The van der Waals surface area contributed by atoms with Crippen LogP contribution in [0.4, 0.5) is 18.0 Å². The number of ether oxygens (including phenoxy) is 1. The molecule has 0 aliphatic heterocycles. The number of imide groups is 1. The largest absolute Gasteiger partial charge is 0.452 e. The van der Waals surface area contributed by atoms with Crippen molar-refractivity contribution < 1.29 is 32.3 Å². The molecule has 0 aliphatic rings. The molecule has 1 heterocycles. The van der Waals surface area contributed by atoms with Crippen molar-refractivity contribution in [2.45, 2.75) is 19.6 Å². The molecule has 1 aromatic heterocycles. The normalized spacial score (nSPS) is 11.4. The number of amides is 3. The monoisotopic (exact) mass is 458 g/mol. The summed E-state index contributed by atoms with van der Waals surface area (Å²) < 4.78 is 42.1. The predicted molar refractivity (Wildman–Crippen MR) is 105 cm³/mol. The van der Waals surface area contributed by atoms with Gasteiger partial charge in [0.25, 0.3) is 5.91 Å². The van der Waals surface area contributed by atoms with Crippen LogP contribution in [-0.4, -0.2) is 47.0 Å². The molecule has 0 spiro atoms. The van der Waals surface area contributed by atoms with E-state index in [9.17, 15) is 27.6 Å². The lowest BCUT2D eigenvalue weighted by Gasteiger charge is -2.08.